The molecule has 27 heavy (non-hydrogen) atoms. The summed E-state index contributed by atoms with van der Waals surface area (Å²) in [5.74, 6) is 0. The molecule has 0 saturated heterocycles. The van der Waals surface area contributed by atoms with Gasteiger partial charge >= 0.3 is 6.03 Å². The van der Waals surface area contributed by atoms with E-state index in [9.17, 15) is 4.79 Å². The summed E-state index contributed by atoms with van der Waals surface area (Å²) < 4.78 is 2.25. The summed E-state index contributed by atoms with van der Waals surface area (Å²) >= 11 is 0. The van der Waals surface area contributed by atoms with Crippen LogP contribution in [0.3, 0.4) is 0 Å². The predicted molar refractivity (Wildman–Crippen MR) is 109 cm³/mol. The predicted octanol–water partition coefficient (Wildman–Crippen LogP) is 5.05. The minimum atomic E-state index is -0.0840. The van der Waals surface area contributed by atoms with Gasteiger partial charge in [-0.2, -0.15) is 0 Å². The van der Waals surface area contributed by atoms with Gasteiger partial charge in [0.25, 0.3) is 0 Å². The Morgan fingerprint density at radius 1 is 0.889 bits per heavy atom. The number of para-hydroxylation sites is 1. The maximum atomic E-state index is 13.3. The Kier molecular flexibility index (Phi) is 4.48. The maximum Gasteiger partial charge on any atom is 0.322 e. The van der Waals surface area contributed by atoms with Crippen LogP contribution in [-0.2, 0) is 6.54 Å². The summed E-state index contributed by atoms with van der Waals surface area (Å²) in [5.41, 5.74) is 6.60. The fourth-order valence-corrected chi connectivity index (χ4v) is 4.01. The van der Waals surface area contributed by atoms with Crippen LogP contribution in [0, 0.1) is 20.8 Å². The molecule has 4 nitrogen and oxygen atoms in total. The first-order valence-corrected chi connectivity index (χ1v) is 9.40. The third-order valence-corrected chi connectivity index (χ3v) is 5.50. The molecule has 0 aliphatic carbocycles. The van der Waals surface area contributed by atoms with Crippen molar-refractivity contribution in [1.29, 1.82) is 0 Å². The van der Waals surface area contributed by atoms with Crippen LogP contribution in [0.1, 0.15) is 34.0 Å². The van der Waals surface area contributed by atoms with E-state index in [0.717, 1.165) is 29.1 Å². The van der Waals surface area contributed by atoms with Crippen molar-refractivity contribution in [2.45, 2.75) is 33.4 Å². The van der Waals surface area contributed by atoms with E-state index in [-0.39, 0.29) is 12.1 Å². The maximum absolute atomic E-state index is 13.3. The second-order valence-electron chi connectivity index (χ2n) is 7.28. The number of anilines is 1. The fourth-order valence-electron chi connectivity index (χ4n) is 4.01. The zero-order chi connectivity index (χ0) is 19.0. The van der Waals surface area contributed by atoms with Crippen molar-refractivity contribution < 1.29 is 4.79 Å². The number of carbonyl (C=O) groups excluding carboxylic acids is 1. The summed E-state index contributed by atoms with van der Waals surface area (Å²) in [7, 11) is 0. The Bertz CT molecular complexity index is 969. The van der Waals surface area contributed by atoms with Crippen molar-refractivity contribution >= 4 is 11.7 Å². The highest BCUT2D eigenvalue weighted by Crippen LogP contribution is 2.34. The van der Waals surface area contributed by atoms with Crippen molar-refractivity contribution in [2.75, 3.05) is 11.9 Å². The van der Waals surface area contributed by atoms with Crippen molar-refractivity contribution in [3.63, 3.8) is 0 Å². The van der Waals surface area contributed by atoms with Gasteiger partial charge in [-0.1, -0.05) is 42.5 Å². The van der Waals surface area contributed by atoms with Gasteiger partial charge in [0.05, 0.1) is 6.04 Å². The molecular weight excluding hydrogens is 334 g/mol. The molecule has 0 saturated carbocycles. The fraction of sp³-hybridized carbons (Fsp3) is 0.261. The Labute approximate surface area is 160 Å². The van der Waals surface area contributed by atoms with E-state index >= 15 is 0 Å². The SMILES string of the molecule is Cc1ccccc1[C@H]1c2cccn2CCN1C(=O)Nc1c(C)cccc1C. The van der Waals surface area contributed by atoms with E-state index < -0.39 is 0 Å². The highest BCUT2D eigenvalue weighted by molar-refractivity contribution is 5.91. The van der Waals surface area contributed by atoms with Crippen LogP contribution >= 0.6 is 0 Å². The number of rotatable bonds is 2. The number of aryl methyl sites for hydroxylation is 3. The molecule has 0 bridgehead atoms. The van der Waals surface area contributed by atoms with Crippen LogP contribution in [0.5, 0.6) is 0 Å². The lowest BCUT2D eigenvalue weighted by atomic mass is 9.96. The lowest BCUT2D eigenvalue weighted by Gasteiger charge is -2.38. The number of benzene rings is 2. The molecule has 1 aliphatic rings. The van der Waals surface area contributed by atoms with Gasteiger partial charge in [-0.05, 0) is 55.2 Å². The lowest BCUT2D eigenvalue weighted by Crippen LogP contribution is -2.44. The van der Waals surface area contributed by atoms with Gasteiger partial charge in [0.2, 0.25) is 0 Å². The normalized spacial score (nSPS) is 16.1. The smallest absolute Gasteiger partial charge is 0.322 e. The average Bonchev–Trinajstić information content (AvgIpc) is 3.13. The molecular formula is C23H25N3O. The van der Waals surface area contributed by atoms with Crippen LogP contribution in [0.4, 0.5) is 10.5 Å². The quantitative estimate of drug-likeness (QED) is 0.683. The van der Waals surface area contributed by atoms with Crippen molar-refractivity contribution in [1.82, 2.24) is 9.47 Å². The third kappa shape index (κ3) is 3.12. The van der Waals surface area contributed by atoms with Crippen LogP contribution < -0.4 is 5.32 Å². The number of urea groups is 1. The molecule has 1 aromatic heterocycles. The van der Waals surface area contributed by atoms with E-state index in [1.165, 1.54) is 11.1 Å². The van der Waals surface area contributed by atoms with Gasteiger partial charge in [-0.25, -0.2) is 4.79 Å². The number of nitrogens with zero attached hydrogens (tertiary/aromatic N) is 2. The third-order valence-electron chi connectivity index (χ3n) is 5.50. The first-order chi connectivity index (χ1) is 13.1. The topological polar surface area (TPSA) is 37.3 Å². The Balaban J connectivity index is 1.73. The van der Waals surface area contributed by atoms with Crippen LogP contribution in [0.25, 0.3) is 0 Å². The summed E-state index contributed by atoms with van der Waals surface area (Å²) in [5, 5.41) is 3.17. The second-order valence-corrected chi connectivity index (χ2v) is 7.28. The minimum absolute atomic E-state index is 0.0481. The van der Waals surface area contributed by atoms with Crippen molar-refractivity contribution in [2.24, 2.45) is 0 Å². The average molecular weight is 359 g/mol. The van der Waals surface area contributed by atoms with E-state index in [0.29, 0.717) is 6.54 Å². The number of carbonyl (C=O) groups is 1. The number of hydrogen-bond acceptors (Lipinski definition) is 1. The zero-order valence-corrected chi connectivity index (χ0v) is 16.1. The molecule has 4 rings (SSSR count). The van der Waals surface area contributed by atoms with Crippen LogP contribution in [0.15, 0.2) is 60.8 Å². The number of nitrogens with one attached hydrogen (secondary N) is 1. The van der Waals surface area contributed by atoms with Gasteiger partial charge in [0, 0.05) is 30.7 Å². The Morgan fingerprint density at radius 3 is 2.33 bits per heavy atom. The zero-order valence-electron chi connectivity index (χ0n) is 16.1. The molecule has 0 unspecified atom stereocenters. The molecule has 3 aromatic rings. The summed E-state index contributed by atoms with van der Waals surface area (Å²) in [6, 6.07) is 18.5. The molecule has 2 aromatic carbocycles. The molecule has 0 fully saturated rings. The minimum Gasteiger partial charge on any atom is -0.348 e. The molecule has 4 heteroatoms. The van der Waals surface area contributed by atoms with E-state index in [4.69, 9.17) is 0 Å². The second kappa shape index (κ2) is 6.95. The molecule has 1 atom stereocenters. The number of hydrogen-bond donors (Lipinski definition) is 1. The van der Waals surface area contributed by atoms with Gasteiger partial charge in [0.1, 0.15) is 0 Å². The van der Waals surface area contributed by atoms with E-state index in [1.807, 2.05) is 49.1 Å². The van der Waals surface area contributed by atoms with Crippen LogP contribution in [0.2, 0.25) is 0 Å². The van der Waals surface area contributed by atoms with Crippen LogP contribution in [-0.4, -0.2) is 22.0 Å². The Morgan fingerprint density at radius 2 is 1.59 bits per heavy atom. The molecule has 0 radical (unpaired) electrons. The highest BCUT2D eigenvalue weighted by Gasteiger charge is 2.33. The molecule has 2 amide bonds. The molecule has 1 N–H and O–H groups in total. The number of aromatic nitrogens is 1. The van der Waals surface area contributed by atoms with E-state index in [1.54, 1.807) is 0 Å². The lowest BCUT2D eigenvalue weighted by molar-refractivity contribution is 0.181. The summed E-state index contributed by atoms with van der Waals surface area (Å²) in [4.78, 5) is 15.3. The monoisotopic (exact) mass is 359 g/mol. The summed E-state index contributed by atoms with van der Waals surface area (Å²) in [6.45, 7) is 7.66. The number of fused-ring (bicyclic) bond motifs is 1. The van der Waals surface area contributed by atoms with Gasteiger partial charge in [-0.3, -0.25) is 0 Å². The first kappa shape index (κ1) is 17.4. The van der Waals surface area contributed by atoms with Gasteiger partial charge in [0.15, 0.2) is 0 Å². The highest BCUT2D eigenvalue weighted by atomic mass is 16.2. The van der Waals surface area contributed by atoms with Crippen molar-refractivity contribution in [3.8, 4) is 0 Å². The molecule has 1 aliphatic heterocycles. The van der Waals surface area contributed by atoms with Gasteiger partial charge in [-0.15, -0.1) is 0 Å². The molecule has 0 spiro atoms. The Hall–Kier alpha value is -3.01. The number of amides is 2. The van der Waals surface area contributed by atoms with Gasteiger partial charge < -0.3 is 14.8 Å². The van der Waals surface area contributed by atoms with Crippen molar-refractivity contribution in [3.05, 3.63) is 88.7 Å². The summed E-state index contributed by atoms with van der Waals surface area (Å²) in [6.07, 6.45) is 2.10. The first-order valence-electron chi connectivity index (χ1n) is 9.40. The molecule has 138 valence electrons. The largest absolute Gasteiger partial charge is 0.348 e. The molecule has 2 heterocycles. The van der Waals surface area contributed by atoms with E-state index in [2.05, 4.69) is 47.3 Å². The standard InChI is InChI=1S/C23H25N3O/c1-16-8-4-5-11-19(16)22-20-12-7-13-25(20)14-15-26(22)23(27)24-21-17(2)9-6-10-18(21)3/h4-13,22H,14-15H2,1-3H3,(H,24,27)/t22-/m0/s1.